The Bertz CT molecular complexity index is 1220. The van der Waals surface area contributed by atoms with Gasteiger partial charge < -0.3 is 29.6 Å². The van der Waals surface area contributed by atoms with Gasteiger partial charge in [-0.05, 0) is 59.7 Å². The molecule has 0 fully saturated rings. The molecule has 0 spiro atoms. The summed E-state index contributed by atoms with van der Waals surface area (Å²) in [6, 6.07) is 15.7. The van der Waals surface area contributed by atoms with Crippen LogP contribution < -0.4 is 29.6 Å². The Morgan fingerprint density at radius 2 is 1.15 bits per heavy atom. The first-order chi connectivity index (χ1) is 16.6. The number of rotatable bonds is 6. The lowest BCUT2D eigenvalue weighted by atomic mass is 10.2. The number of carbonyl (C=O) groups is 2. The van der Waals surface area contributed by atoms with E-state index in [4.69, 9.17) is 18.9 Å². The van der Waals surface area contributed by atoms with Crippen molar-refractivity contribution < 1.29 is 28.5 Å². The lowest BCUT2D eigenvalue weighted by Crippen LogP contribution is -2.12. The third kappa shape index (κ3) is 4.99. The molecule has 5 rings (SSSR count). The standard InChI is InChI=1S/C25H19N3O6/c29-24(10-6-16-4-8-18-20(12-16)33-14-31-18)27-22-2-1-3-23(26-22)28-25(30)11-7-17-5-9-19-21(13-17)34-15-32-19/h1-13H,14-15H2,(H2,26,27,28,29,30). The van der Waals surface area contributed by atoms with Crippen molar-refractivity contribution in [2.75, 3.05) is 24.2 Å². The summed E-state index contributed by atoms with van der Waals surface area (Å²) in [4.78, 5) is 28.8. The van der Waals surface area contributed by atoms with Crippen LogP contribution in [0.2, 0.25) is 0 Å². The number of amides is 2. The number of carbonyl (C=O) groups excluding carboxylic acids is 2. The van der Waals surface area contributed by atoms with Crippen molar-refractivity contribution in [3.8, 4) is 23.0 Å². The molecule has 0 atom stereocenters. The maximum absolute atomic E-state index is 12.3. The molecule has 3 heterocycles. The number of pyridine rings is 1. The second-order valence-corrected chi connectivity index (χ2v) is 7.28. The summed E-state index contributed by atoms with van der Waals surface area (Å²) in [7, 11) is 0. The predicted molar refractivity (Wildman–Crippen MR) is 125 cm³/mol. The topological polar surface area (TPSA) is 108 Å². The Kier molecular flexibility index (Phi) is 5.81. The van der Waals surface area contributed by atoms with Gasteiger partial charge >= 0.3 is 0 Å². The van der Waals surface area contributed by atoms with E-state index < -0.39 is 0 Å². The van der Waals surface area contributed by atoms with Gasteiger partial charge in [0.05, 0.1) is 0 Å². The van der Waals surface area contributed by atoms with Gasteiger partial charge in [-0.15, -0.1) is 0 Å². The molecule has 0 unspecified atom stereocenters. The molecule has 9 heteroatoms. The fourth-order valence-corrected chi connectivity index (χ4v) is 3.29. The van der Waals surface area contributed by atoms with Crippen LogP contribution in [0.3, 0.4) is 0 Å². The van der Waals surface area contributed by atoms with Crippen LogP contribution in [0.15, 0.2) is 66.7 Å². The third-order valence-corrected chi connectivity index (χ3v) is 4.90. The van der Waals surface area contributed by atoms with E-state index in [1.807, 2.05) is 12.1 Å². The van der Waals surface area contributed by atoms with Crippen molar-refractivity contribution in [2.45, 2.75) is 0 Å². The SMILES string of the molecule is O=C(C=Cc1ccc2c(c1)OCO2)Nc1cccc(NC(=O)C=Cc2ccc3c(c2)OCO3)n1. The number of hydrogen-bond acceptors (Lipinski definition) is 7. The Balaban J connectivity index is 1.17. The van der Waals surface area contributed by atoms with Crippen LogP contribution in [-0.2, 0) is 9.59 Å². The highest BCUT2D eigenvalue weighted by molar-refractivity contribution is 6.03. The fourth-order valence-electron chi connectivity index (χ4n) is 3.29. The molecule has 2 aliphatic heterocycles. The maximum atomic E-state index is 12.3. The van der Waals surface area contributed by atoms with Gasteiger partial charge in [0, 0.05) is 12.2 Å². The van der Waals surface area contributed by atoms with E-state index in [1.54, 1.807) is 54.6 Å². The van der Waals surface area contributed by atoms with Crippen molar-refractivity contribution >= 4 is 35.6 Å². The van der Waals surface area contributed by atoms with Crippen LogP contribution >= 0.6 is 0 Å². The fraction of sp³-hybridized carbons (Fsp3) is 0.0800. The minimum Gasteiger partial charge on any atom is -0.454 e. The number of nitrogens with zero attached hydrogens (tertiary/aromatic N) is 1. The molecule has 0 radical (unpaired) electrons. The molecular weight excluding hydrogens is 438 g/mol. The summed E-state index contributed by atoms with van der Waals surface area (Å²) in [6.07, 6.45) is 6.09. The van der Waals surface area contributed by atoms with Gasteiger partial charge in [-0.2, -0.15) is 0 Å². The van der Waals surface area contributed by atoms with Gasteiger partial charge in [0.1, 0.15) is 11.6 Å². The number of hydrogen-bond donors (Lipinski definition) is 2. The van der Waals surface area contributed by atoms with Crippen LogP contribution in [0.1, 0.15) is 11.1 Å². The highest BCUT2D eigenvalue weighted by Crippen LogP contribution is 2.33. The number of ether oxygens (including phenoxy) is 4. The molecule has 34 heavy (non-hydrogen) atoms. The van der Waals surface area contributed by atoms with Gasteiger partial charge in [0.2, 0.25) is 25.4 Å². The summed E-state index contributed by atoms with van der Waals surface area (Å²) >= 11 is 0. The van der Waals surface area contributed by atoms with Crippen LogP contribution in [0.25, 0.3) is 12.2 Å². The van der Waals surface area contributed by atoms with Crippen molar-refractivity contribution in [3.05, 3.63) is 77.9 Å². The number of benzene rings is 2. The van der Waals surface area contributed by atoms with E-state index in [0.29, 0.717) is 34.6 Å². The van der Waals surface area contributed by atoms with Crippen molar-refractivity contribution in [1.82, 2.24) is 4.98 Å². The van der Waals surface area contributed by atoms with E-state index >= 15 is 0 Å². The first kappa shape index (κ1) is 21.1. The predicted octanol–water partition coefficient (Wildman–Crippen LogP) is 3.84. The second kappa shape index (κ2) is 9.37. The van der Waals surface area contributed by atoms with Crippen molar-refractivity contribution in [1.29, 1.82) is 0 Å². The molecule has 2 N–H and O–H groups in total. The quantitative estimate of drug-likeness (QED) is 0.542. The molecule has 9 nitrogen and oxygen atoms in total. The molecule has 0 saturated heterocycles. The zero-order valence-electron chi connectivity index (χ0n) is 17.8. The van der Waals surface area contributed by atoms with Gasteiger partial charge in [0.25, 0.3) is 0 Å². The van der Waals surface area contributed by atoms with Gasteiger partial charge in [-0.1, -0.05) is 18.2 Å². The summed E-state index contributed by atoms with van der Waals surface area (Å²) in [5.41, 5.74) is 1.59. The van der Waals surface area contributed by atoms with Crippen LogP contribution in [0.5, 0.6) is 23.0 Å². The summed E-state index contributed by atoms with van der Waals surface area (Å²) < 4.78 is 21.2. The monoisotopic (exact) mass is 457 g/mol. The zero-order valence-corrected chi connectivity index (χ0v) is 17.8. The Morgan fingerprint density at radius 1 is 0.676 bits per heavy atom. The number of fused-ring (bicyclic) bond motifs is 2. The Labute approximate surface area is 194 Å². The van der Waals surface area contributed by atoms with E-state index in [2.05, 4.69) is 15.6 Å². The lowest BCUT2D eigenvalue weighted by molar-refractivity contribution is -0.112. The molecule has 3 aromatic rings. The molecule has 1 aromatic heterocycles. The molecule has 2 amide bonds. The maximum Gasteiger partial charge on any atom is 0.249 e. The molecular formula is C25H19N3O6. The Morgan fingerprint density at radius 3 is 1.65 bits per heavy atom. The highest BCUT2D eigenvalue weighted by atomic mass is 16.7. The summed E-state index contributed by atoms with van der Waals surface area (Å²) in [5.74, 6) is 2.51. The minimum atomic E-state index is -0.364. The number of anilines is 2. The van der Waals surface area contributed by atoms with Crippen LogP contribution in [-0.4, -0.2) is 30.4 Å². The molecule has 170 valence electrons. The molecule has 2 aromatic carbocycles. The van der Waals surface area contributed by atoms with E-state index in [1.165, 1.54) is 12.2 Å². The number of aromatic nitrogens is 1. The van der Waals surface area contributed by atoms with Gasteiger partial charge in [-0.3, -0.25) is 9.59 Å². The van der Waals surface area contributed by atoms with Gasteiger partial charge in [0.15, 0.2) is 23.0 Å². The van der Waals surface area contributed by atoms with Crippen molar-refractivity contribution in [2.24, 2.45) is 0 Å². The first-order valence-electron chi connectivity index (χ1n) is 10.4. The molecule has 0 aliphatic carbocycles. The summed E-state index contributed by atoms with van der Waals surface area (Å²) in [6.45, 7) is 0.380. The highest BCUT2D eigenvalue weighted by Gasteiger charge is 2.13. The number of nitrogens with one attached hydrogen (secondary N) is 2. The third-order valence-electron chi connectivity index (χ3n) is 4.90. The average Bonchev–Trinajstić information content (AvgIpc) is 3.50. The lowest BCUT2D eigenvalue weighted by Gasteiger charge is -2.05. The Hall–Kier alpha value is -4.79. The summed E-state index contributed by atoms with van der Waals surface area (Å²) in [5, 5.41) is 5.34. The molecule has 2 aliphatic rings. The average molecular weight is 457 g/mol. The normalized spacial score (nSPS) is 13.4. The first-order valence-corrected chi connectivity index (χ1v) is 10.4. The van der Waals surface area contributed by atoms with Crippen molar-refractivity contribution in [3.63, 3.8) is 0 Å². The van der Waals surface area contributed by atoms with E-state index in [0.717, 1.165) is 11.1 Å². The van der Waals surface area contributed by atoms with Crippen LogP contribution in [0, 0.1) is 0 Å². The largest absolute Gasteiger partial charge is 0.454 e. The zero-order chi connectivity index (χ0) is 23.3. The van der Waals surface area contributed by atoms with E-state index in [9.17, 15) is 9.59 Å². The molecule has 0 bridgehead atoms. The van der Waals surface area contributed by atoms with E-state index in [-0.39, 0.29) is 25.4 Å². The second-order valence-electron chi connectivity index (χ2n) is 7.28. The minimum absolute atomic E-state index is 0.190. The van der Waals surface area contributed by atoms with Crippen LogP contribution in [0.4, 0.5) is 11.6 Å². The molecule has 0 saturated carbocycles. The smallest absolute Gasteiger partial charge is 0.249 e. The van der Waals surface area contributed by atoms with Gasteiger partial charge in [-0.25, -0.2) is 4.98 Å².